The lowest BCUT2D eigenvalue weighted by Crippen LogP contribution is -2.44. The van der Waals surface area contributed by atoms with Gasteiger partial charge in [0, 0.05) is 19.6 Å². The highest BCUT2D eigenvalue weighted by atomic mass is 16.5. The van der Waals surface area contributed by atoms with E-state index in [0.717, 1.165) is 25.9 Å². The zero-order chi connectivity index (χ0) is 18.4. The van der Waals surface area contributed by atoms with E-state index in [1.807, 2.05) is 11.8 Å². The molecule has 1 aliphatic heterocycles. The molecular weight excluding hydrogens is 316 g/mol. The second-order valence-electron chi connectivity index (χ2n) is 6.92. The summed E-state index contributed by atoms with van der Waals surface area (Å²) in [4.78, 5) is 25.9. The minimum absolute atomic E-state index is 0.137. The second kappa shape index (κ2) is 8.88. The van der Waals surface area contributed by atoms with Crippen molar-refractivity contribution in [3.63, 3.8) is 0 Å². The van der Waals surface area contributed by atoms with Crippen LogP contribution in [0.4, 0.5) is 4.79 Å². The van der Waals surface area contributed by atoms with Gasteiger partial charge >= 0.3 is 6.09 Å². The molecule has 5 nitrogen and oxygen atoms in total. The molecule has 0 radical (unpaired) electrons. The van der Waals surface area contributed by atoms with E-state index in [2.05, 4.69) is 42.1 Å². The van der Waals surface area contributed by atoms with Crippen LogP contribution in [0.5, 0.6) is 0 Å². The van der Waals surface area contributed by atoms with Gasteiger partial charge in [-0.3, -0.25) is 4.79 Å². The fourth-order valence-corrected chi connectivity index (χ4v) is 3.39. The van der Waals surface area contributed by atoms with Crippen LogP contribution in [0.15, 0.2) is 18.2 Å². The molecule has 0 bridgehead atoms. The maximum absolute atomic E-state index is 12.7. The van der Waals surface area contributed by atoms with Crippen LogP contribution in [0.1, 0.15) is 48.8 Å². The van der Waals surface area contributed by atoms with Gasteiger partial charge in [-0.05, 0) is 55.7 Å². The van der Waals surface area contributed by atoms with E-state index in [9.17, 15) is 9.59 Å². The SMILES string of the molecule is CCC(CNC(=O)OC)C(=O)N1CCC(c2ccc(C)c(C)c2)CC1. The van der Waals surface area contributed by atoms with E-state index < -0.39 is 6.09 Å². The minimum atomic E-state index is -0.486. The molecule has 2 amide bonds. The molecule has 1 fully saturated rings. The molecule has 1 aliphatic rings. The molecule has 1 N–H and O–H groups in total. The average molecular weight is 346 g/mol. The Labute approximate surface area is 150 Å². The van der Waals surface area contributed by atoms with Gasteiger partial charge in [-0.25, -0.2) is 4.79 Å². The van der Waals surface area contributed by atoms with E-state index in [1.54, 1.807) is 0 Å². The molecule has 5 heteroatoms. The van der Waals surface area contributed by atoms with Crippen LogP contribution in [0.25, 0.3) is 0 Å². The molecule has 1 unspecified atom stereocenters. The highest BCUT2D eigenvalue weighted by Crippen LogP contribution is 2.30. The standard InChI is InChI=1S/C20H30N2O3/c1-5-16(13-21-20(24)25-4)19(23)22-10-8-17(9-11-22)18-7-6-14(2)15(3)12-18/h6-7,12,16-17H,5,8-11,13H2,1-4H3,(H,21,24). The van der Waals surface area contributed by atoms with Crippen molar-refractivity contribution in [3.05, 3.63) is 34.9 Å². The largest absolute Gasteiger partial charge is 0.453 e. The van der Waals surface area contributed by atoms with Crippen molar-refractivity contribution in [2.24, 2.45) is 5.92 Å². The number of ether oxygens (including phenoxy) is 1. The van der Waals surface area contributed by atoms with Crippen molar-refractivity contribution in [2.45, 2.75) is 46.0 Å². The predicted molar refractivity (Wildman–Crippen MR) is 98.7 cm³/mol. The smallest absolute Gasteiger partial charge is 0.406 e. The normalized spacial score (nSPS) is 16.4. The Bertz CT molecular complexity index is 607. The van der Waals surface area contributed by atoms with Gasteiger partial charge in [0.05, 0.1) is 13.0 Å². The molecule has 1 heterocycles. The first-order valence-corrected chi connectivity index (χ1v) is 9.14. The summed E-state index contributed by atoms with van der Waals surface area (Å²) >= 11 is 0. The first kappa shape index (κ1) is 19.3. The van der Waals surface area contributed by atoms with Crippen molar-refractivity contribution in [2.75, 3.05) is 26.7 Å². The molecule has 2 rings (SSSR count). The highest BCUT2D eigenvalue weighted by molar-refractivity contribution is 5.80. The van der Waals surface area contributed by atoms with Crippen molar-refractivity contribution in [1.29, 1.82) is 0 Å². The third-order valence-corrected chi connectivity index (χ3v) is 5.33. The van der Waals surface area contributed by atoms with E-state index in [0.29, 0.717) is 18.9 Å². The van der Waals surface area contributed by atoms with E-state index in [1.165, 1.54) is 23.8 Å². The fourth-order valence-electron chi connectivity index (χ4n) is 3.39. The van der Waals surface area contributed by atoms with E-state index in [-0.39, 0.29) is 11.8 Å². The molecular formula is C20H30N2O3. The number of benzene rings is 1. The van der Waals surface area contributed by atoms with Crippen LogP contribution in [-0.4, -0.2) is 43.6 Å². The summed E-state index contributed by atoms with van der Waals surface area (Å²) in [6, 6.07) is 6.69. The number of likely N-dealkylation sites (tertiary alicyclic amines) is 1. The molecule has 1 aromatic rings. The number of hydrogen-bond donors (Lipinski definition) is 1. The van der Waals surface area contributed by atoms with Gasteiger partial charge in [0.25, 0.3) is 0 Å². The zero-order valence-corrected chi connectivity index (χ0v) is 15.8. The lowest BCUT2D eigenvalue weighted by molar-refractivity contribution is -0.136. The number of nitrogens with zero attached hydrogens (tertiary/aromatic N) is 1. The van der Waals surface area contributed by atoms with Gasteiger partial charge in [0.15, 0.2) is 0 Å². The van der Waals surface area contributed by atoms with Crippen LogP contribution in [0.3, 0.4) is 0 Å². The third kappa shape index (κ3) is 4.97. The number of amides is 2. The first-order valence-electron chi connectivity index (χ1n) is 9.14. The summed E-state index contributed by atoms with van der Waals surface area (Å²) in [5, 5.41) is 2.64. The summed E-state index contributed by atoms with van der Waals surface area (Å²) in [5.41, 5.74) is 4.03. The van der Waals surface area contributed by atoms with Crippen LogP contribution >= 0.6 is 0 Å². The van der Waals surface area contributed by atoms with E-state index >= 15 is 0 Å². The highest BCUT2D eigenvalue weighted by Gasteiger charge is 2.28. The Balaban J connectivity index is 1.90. The van der Waals surface area contributed by atoms with Crippen molar-refractivity contribution in [1.82, 2.24) is 10.2 Å². The Kier molecular flexibility index (Phi) is 6.85. The maximum Gasteiger partial charge on any atom is 0.406 e. The molecule has 0 saturated carbocycles. The summed E-state index contributed by atoms with van der Waals surface area (Å²) in [6.07, 6.45) is 2.21. The topological polar surface area (TPSA) is 58.6 Å². The Morgan fingerprint density at radius 2 is 1.92 bits per heavy atom. The number of alkyl carbamates (subject to hydrolysis) is 1. The molecule has 138 valence electrons. The van der Waals surface area contributed by atoms with Crippen LogP contribution < -0.4 is 5.32 Å². The van der Waals surface area contributed by atoms with Gasteiger partial charge in [0.2, 0.25) is 5.91 Å². The quantitative estimate of drug-likeness (QED) is 0.889. The fraction of sp³-hybridized carbons (Fsp3) is 0.600. The number of carbonyl (C=O) groups excluding carboxylic acids is 2. The van der Waals surface area contributed by atoms with Gasteiger partial charge < -0.3 is 15.0 Å². The monoisotopic (exact) mass is 346 g/mol. The second-order valence-corrected chi connectivity index (χ2v) is 6.92. The number of rotatable bonds is 5. The van der Waals surface area contributed by atoms with Gasteiger partial charge in [-0.15, -0.1) is 0 Å². The molecule has 1 aromatic carbocycles. The number of methoxy groups -OCH3 is 1. The van der Waals surface area contributed by atoms with E-state index in [4.69, 9.17) is 0 Å². The molecule has 0 aliphatic carbocycles. The van der Waals surface area contributed by atoms with Crippen molar-refractivity contribution < 1.29 is 14.3 Å². The maximum atomic E-state index is 12.7. The average Bonchev–Trinajstić information content (AvgIpc) is 2.64. The molecule has 1 atom stereocenters. The Morgan fingerprint density at radius 1 is 1.24 bits per heavy atom. The summed E-state index contributed by atoms with van der Waals surface area (Å²) in [6.45, 7) is 8.16. The minimum Gasteiger partial charge on any atom is -0.453 e. The molecule has 0 aromatic heterocycles. The first-order chi connectivity index (χ1) is 12.0. The van der Waals surface area contributed by atoms with Crippen molar-refractivity contribution >= 4 is 12.0 Å². The van der Waals surface area contributed by atoms with Gasteiger partial charge in [-0.1, -0.05) is 25.1 Å². The number of piperidine rings is 1. The number of carbonyl (C=O) groups is 2. The summed E-state index contributed by atoms with van der Waals surface area (Å²) in [5.74, 6) is 0.478. The number of aryl methyl sites for hydroxylation is 2. The zero-order valence-electron chi connectivity index (χ0n) is 15.8. The van der Waals surface area contributed by atoms with Crippen LogP contribution in [-0.2, 0) is 9.53 Å². The van der Waals surface area contributed by atoms with Crippen LogP contribution in [0, 0.1) is 19.8 Å². The predicted octanol–water partition coefficient (Wildman–Crippen LogP) is 3.39. The Hall–Kier alpha value is -2.04. The van der Waals surface area contributed by atoms with Gasteiger partial charge in [-0.2, -0.15) is 0 Å². The van der Waals surface area contributed by atoms with Gasteiger partial charge in [0.1, 0.15) is 0 Å². The number of hydrogen-bond acceptors (Lipinski definition) is 3. The summed E-state index contributed by atoms with van der Waals surface area (Å²) in [7, 11) is 1.33. The molecule has 1 saturated heterocycles. The molecule has 25 heavy (non-hydrogen) atoms. The van der Waals surface area contributed by atoms with Crippen LogP contribution in [0.2, 0.25) is 0 Å². The lowest BCUT2D eigenvalue weighted by atomic mass is 9.87. The number of nitrogens with one attached hydrogen (secondary N) is 1. The summed E-state index contributed by atoms with van der Waals surface area (Å²) < 4.78 is 4.58. The Morgan fingerprint density at radius 3 is 2.48 bits per heavy atom. The lowest BCUT2D eigenvalue weighted by Gasteiger charge is -2.34. The molecule has 0 spiro atoms. The third-order valence-electron chi connectivity index (χ3n) is 5.33. The van der Waals surface area contributed by atoms with Crippen molar-refractivity contribution in [3.8, 4) is 0 Å².